The number of carbonyl (C=O) groups excluding carboxylic acids is 4. The van der Waals surface area contributed by atoms with Crippen LogP contribution >= 0.6 is 11.8 Å². The van der Waals surface area contributed by atoms with Crippen LogP contribution in [0.25, 0.3) is 0 Å². The Morgan fingerprint density at radius 1 is 0.600 bits per heavy atom. The molecule has 70 heavy (non-hydrogen) atoms. The van der Waals surface area contributed by atoms with Gasteiger partial charge in [0.05, 0.1) is 176 Å². The number of urea groups is 1. The molecule has 0 aromatic heterocycles. The Kier molecular flexibility index (Phi) is 35.0. The number of thioether (sulfide) groups is 1. The van der Waals surface area contributed by atoms with Crippen LogP contribution in [-0.2, 0) is 66.4 Å². The molecule has 406 valence electrons. The third-order valence-electron chi connectivity index (χ3n) is 10.0. The first-order chi connectivity index (χ1) is 34.1. The lowest BCUT2D eigenvalue weighted by molar-refractivity contribution is -0.123. The highest BCUT2D eigenvalue weighted by molar-refractivity contribution is 8.00. The minimum absolute atomic E-state index is 0.0262. The Hall–Kier alpha value is -3.31. The maximum absolute atomic E-state index is 12.3. The Morgan fingerprint density at radius 3 is 1.60 bits per heavy atom. The van der Waals surface area contributed by atoms with Gasteiger partial charge in [0.1, 0.15) is 5.60 Å². The number of nitrogens with zero attached hydrogens (tertiary/aromatic N) is 1. The predicted molar refractivity (Wildman–Crippen MR) is 259 cm³/mol. The highest BCUT2D eigenvalue weighted by Gasteiger charge is 2.42. The lowest BCUT2D eigenvalue weighted by Gasteiger charge is -2.19. The SMILES string of the molecule is CC(C)(C)OC(=O)NCCOCCOCCOCCOCCOCCNC(=O)CCOCCOCCOCCOCCOCCOCCN1C=C(CNC(=O)CCCC[C@@H]2SCC3NC(=O)NC32)NN1. The maximum Gasteiger partial charge on any atom is 0.407 e. The second kappa shape index (κ2) is 40.2. The topological polar surface area (TPSA) is 266 Å². The molecular weight excluding hydrogens is 941 g/mol. The average molecular weight is 1030 g/mol. The number of nitrogens with one attached hydrogen (secondary N) is 7. The maximum atomic E-state index is 12.3. The van der Waals surface area contributed by atoms with E-state index in [2.05, 4.69) is 37.5 Å². The smallest absolute Gasteiger partial charge is 0.407 e. The van der Waals surface area contributed by atoms with Crippen molar-refractivity contribution in [1.29, 1.82) is 0 Å². The van der Waals surface area contributed by atoms with Gasteiger partial charge in [-0.25, -0.2) is 9.59 Å². The Labute approximate surface area is 418 Å². The number of alkyl carbamates (subject to hydrolysis) is 1. The Morgan fingerprint density at radius 2 is 1.07 bits per heavy atom. The minimum atomic E-state index is -0.527. The summed E-state index contributed by atoms with van der Waals surface area (Å²) in [6.07, 6.45) is 4.96. The van der Waals surface area contributed by atoms with Gasteiger partial charge >= 0.3 is 12.1 Å². The number of carbonyl (C=O) groups is 4. The molecule has 0 aliphatic carbocycles. The fourth-order valence-electron chi connectivity index (χ4n) is 6.56. The number of amides is 5. The molecule has 2 fully saturated rings. The van der Waals surface area contributed by atoms with Gasteiger partial charge in [-0.1, -0.05) is 6.42 Å². The summed E-state index contributed by atoms with van der Waals surface area (Å²) in [5.41, 5.74) is 6.45. The van der Waals surface area contributed by atoms with E-state index >= 15 is 0 Å². The van der Waals surface area contributed by atoms with Crippen LogP contribution in [0.15, 0.2) is 11.9 Å². The van der Waals surface area contributed by atoms with Crippen LogP contribution in [0.4, 0.5) is 9.59 Å². The molecule has 3 heterocycles. The van der Waals surface area contributed by atoms with Crippen molar-refractivity contribution in [3.05, 3.63) is 11.9 Å². The number of fused-ring (bicyclic) bond motifs is 1. The summed E-state index contributed by atoms with van der Waals surface area (Å²) in [4.78, 5) is 47.4. The molecule has 3 atom stereocenters. The molecule has 5 amide bonds. The zero-order valence-corrected chi connectivity index (χ0v) is 42.6. The van der Waals surface area contributed by atoms with Crippen LogP contribution in [0.2, 0.25) is 0 Å². The van der Waals surface area contributed by atoms with Crippen LogP contribution < -0.4 is 37.5 Å². The van der Waals surface area contributed by atoms with Crippen molar-refractivity contribution >= 4 is 35.7 Å². The summed E-state index contributed by atoms with van der Waals surface area (Å²) in [5.74, 6) is 0.867. The number of rotatable bonds is 46. The molecule has 0 bridgehead atoms. The Balaban J connectivity index is 0.922. The fraction of sp³-hybridized carbons (Fsp3) is 0.867. The molecule has 0 saturated carbocycles. The molecule has 3 aliphatic rings. The highest BCUT2D eigenvalue weighted by atomic mass is 32.2. The lowest BCUT2D eigenvalue weighted by Crippen LogP contribution is -2.39. The number of unbranched alkanes of at least 4 members (excludes halogenated alkanes) is 1. The van der Waals surface area contributed by atoms with E-state index in [-0.39, 0.29) is 36.3 Å². The quantitative estimate of drug-likeness (QED) is 0.0317. The van der Waals surface area contributed by atoms with E-state index in [1.54, 1.807) is 0 Å². The van der Waals surface area contributed by atoms with Gasteiger partial charge in [0.25, 0.3) is 0 Å². The summed E-state index contributed by atoms with van der Waals surface area (Å²) in [7, 11) is 0. The van der Waals surface area contributed by atoms with Gasteiger partial charge in [0, 0.05) is 43.1 Å². The molecule has 24 nitrogen and oxygen atoms in total. The summed E-state index contributed by atoms with van der Waals surface area (Å²) < 4.78 is 65.6. The van der Waals surface area contributed by atoms with E-state index < -0.39 is 11.7 Å². The van der Waals surface area contributed by atoms with E-state index in [1.807, 2.05) is 43.7 Å². The van der Waals surface area contributed by atoms with Crippen molar-refractivity contribution in [2.24, 2.45) is 0 Å². The molecule has 2 unspecified atom stereocenters. The van der Waals surface area contributed by atoms with Gasteiger partial charge in [-0.05, 0) is 33.6 Å². The summed E-state index contributed by atoms with van der Waals surface area (Å²) in [5, 5.41) is 16.6. The molecule has 0 aromatic carbocycles. The standard InChI is InChI=1S/C45H84N8O16S/c1-45(2,3)69-44(57)47-10-14-60-18-22-64-26-30-67-29-25-63-21-17-59-13-9-46-41(55)8-12-58-16-20-62-24-28-66-32-33-68-31-27-65-23-19-61-15-11-53-35-37(51-52-53)34-48-40(54)7-5-4-6-39-42-38(36-70-39)49-43(56)50-42/h35,38-39,42,51-52H,4-34,36H2,1-3H3,(H,46,55)(H,47,57)(H,48,54)(H2,49,50,56)/t38?,39-,42?/m0/s1. The van der Waals surface area contributed by atoms with Gasteiger partial charge in [0.2, 0.25) is 11.8 Å². The van der Waals surface area contributed by atoms with Crippen molar-refractivity contribution in [2.45, 2.75) is 75.8 Å². The third kappa shape index (κ3) is 33.4. The fourth-order valence-corrected chi connectivity index (χ4v) is 8.11. The first kappa shape index (κ1) is 61.0. The number of hydrogen-bond acceptors (Lipinski definition) is 20. The molecule has 3 aliphatic heterocycles. The summed E-state index contributed by atoms with van der Waals surface area (Å²) >= 11 is 1.90. The number of hydrazine groups is 2. The monoisotopic (exact) mass is 1020 g/mol. The molecule has 2 saturated heterocycles. The van der Waals surface area contributed by atoms with Crippen molar-refractivity contribution in [1.82, 2.24) is 42.6 Å². The van der Waals surface area contributed by atoms with Crippen LogP contribution in [0.5, 0.6) is 0 Å². The second-order valence-corrected chi connectivity index (χ2v) is 18.3. The number of hydrogen-bond donors (Lipinski definition) is 7. The van der Waals surface area contributed by atoms with Gasteiger partial charge in [-0.2, -0.15) is 11.8 Å². The first-order valence-electron chi connectivity index (χ1n) is 24.6. The van der Waals surface area contributed by atoms with Crippen LogP contribution in [0.1, 0.15) is 52.9 Å². The van der Waals surface area contributed by atoms with Crippen molar-refractivity contribution in [2.75, 3.05) is 177 Å². The zero-order chi connectivity index (χ0) is 50.2. The van der Waals surface area contributed by atoms with Crippen LogP contribution in [0.3, 0.4) is 0 Å². The summed E-state index contributed by atoms with van der Waals surface area (Å²) in [6.45, 7) is 16.7. The van der Waals surface area contributed by atoms with E-state index in [4.69, 9.17) is 56.8 Å². The molecule has 3 rings (SSSR count). The van der Waals surface area contributed by atoms with Gasteiger partial charge in [-0.3, -0.25) is 14.6 Å². The molecule has 0 aromatic rings. The van der Waals surface area contributed by atoms with Crippen molar-refractivity contribution in [3.63, 3.8) is 0 Å². The third-order valence-corrected chi connectivity index (χ3v) is 11.5. The van der Waals surface area contributed by atoms with Crippen LogP contribution in [-0.4, -0.2) is 229 Å². The molecule has 0 spiro atoms. The second-order valence-electron chi connectivity index (χ2n) is 17.0. The van der Waals surface area contributed by atoms with E-state index in [0.29, 0.717) is 183 Å². The predicted octanol–water partition coefficient (Wildman–Crippen LogP) is 0.208. The highest BCUT2D eigenvalue weighted by Crippen LogP contribution is 2.33. The average Bonchev–Trinajstić information content (AvgIpc) is 4.05. The van der Waals surface area contributed by atoms with Gasteiger partial charge < -0.3 is 88.9 Å². The molecule has 0 radical (unpaired) electrons. The molecule has 25 heteroatoms. The summed E-state index contributed by atoms with van der Waals surface area (Å²) in [6, 6.07) is 0.370. The largest absolute Gasteiger partial charge is 0.444 e. The Bertz CT molecular complexity index is 1420. The first-order valence-corrected chi connectivity index (χ1v) is 25.7. The zero-order valence-electron chi connectivity index (χ0n) is 41.8. The van der Waals surface area contributed by atoms with Gasteiger partial charge in [0.15, 0.2) is 0 Å². The van der Waals surface area contributed by atoms with Crippen LogP contribution in [0, 0.1) is 0 Å². The van der Waals surface area contributed by atoms with E-state index in [1.165, 1.54) is 0 Å². The van der Waals surface area contributed by atoms with Gasteiger partial charge in [-0.15, -0.1) is 5.53 Å². The lowest BCUT2D eigenvalue weighted by atomic mass is 10.0. The molecular formula is C45H84N8O16S. The van der Waals surface area contributed by atoms with Crippen molar-refractivity contribution in [3.8, 4) is 0 Å². The van der Waals surface area contributed by atoms with E-state index in [9.17, 15) is 19.2 Å². The number of ether oxygens (including phenoxy) is 12. The molecule has 7 N–H and O–H groups in total. The van der Waals surface area contributed by atoms with E-state index in [0.717, 1.165) is 30.7 Å². The normalized spacial score (nSPS) is 17.5. The van der Waals surface area contributed by atoms with Crippen molar-refractivity contribution < 1.29 is 76.0 Å². The minimum Gasteiger partial charge on any atom is -0.444 e.